The minimum atomic E-state index is -0.982. The van der Waals surface area contributed by atoms with Gasteiger partial charge in [-0.25, -0.2) is 8.78 Å². The Balaban J connectivity index is 1.72. The first-order valence-corrected chi connectivity index (χ1v) is 11.1. The van der Waals surface area contributed by atoms with Crippen molar-refractivity contribution in [2.45, 2.75) is 38.5 Å². The molecule has 2 N–H and O–H groups in total. The first-order chi connectivity index (χ1) is 15.6. The molecule has 2 aromatic carbocycles. The third-order valence-electron chi connectivity index (χ3n) is 5.40. The lowest BCUT2D eigenvalue weighted by atomic mass is 9.90. The summed E-state index contributed by atoms with van der Waals surface area (Å²) in [6.45, 7) is 0.260. The van der Waals surface area contributed by atoms with Crippen LogP contribution in [0, 0.1) is 17.6 Å². The SMILES string of the molecule is O=C(O)CCCC(=O)Nc1cc(Cl)c(N2CC(Cc3ccc(F)cc3F)CCC2=O)c(Cl)c1. The van der Waals surface area contributed by atoms with Crippen molar-refractivity contribution in [1.82, 2.24) is 0 Å². The largest absolute Gasteiger partial charge is 0.481 e. The van der Waals surface area contributed by atoms with Crippen LogP contribution in [0.2, 0.25) is 10.0 Å². The van der Waals surface area contributed by atoms with Crippen LogP contribution in [-0.2, 0) is 20.8 Å². The number of piperidine rings is 1. The minimum Gasteiger partial charge on any atom is -0.481 e. The van der Waals surface area contributed by atoms with Gasteiger partial charge in [0.05, 0.1) is 15.7 Å². The number of anilines is 2. The molecule has 0 aromatic heterocycles. The first-order valence-electron chi connectivity index (χ1n) is 10.4. The summed E-state index contributed by atoms with van der Waals surface area (Å²) in [6, 6.07) is 6.37. The number of rotatable bonds is 8. The van der Waals surface area contributed by atoms with Crippen molar-refractivity contribution in [1.29, 1.82) is 0 Å². The van der Waals surface area contributed by atoms with Crippen LogP contribution in [0.5, 0.6) is 0 Å². The Hall–Kier alpha value is -2.71. The highest BCUT2D eigenvalue weighted by molar-refractivity contribution is 6.40. The third-order valence-corrected chi connectivity index (χ3v) is 5.97. The second-order valence-corrected chi connectivity index (χ2v) is 8.75. The van der Waals surface area contributed by atoms with E-state index in [0.717, 1.165) is 6.07 Å². The van der Waals surface area contributed by atoms with Gasteiger partial charge in [0.2, 0.25) is 11.8 Å². The smallest absolute Gasteiger partial charge is 0.303 e. The fourth-order valence-electron chi connectivity index (χ4n) is 3.81. The fraction of sp³-hybridized carbons (Fsp3) is 0.348. The molecule has 10 heteroatoms. The molecule has 1 heterocycles. The second-order valence-electron chi connectivity index (χ2n) is 7.93. The number of halogens is 4. The number of hydrogen-bond acceptors (Lipinski definition) is 3. The van der Waals surface area contributed by atoms with Crippen molar-refractivity contribution in [2.75, 3.05) is 16.8 Å². The Kier molecular flexibility index (Phi) is 8.26. The van der Waals surface area contributed by atoms with Crippen molar-refractivity contribution in [3.05, 3.63) is 57.6 Å². The number of carbonyl (C=O) groups excluding carboxylic acids is 2. The van der Waals surface area contributed by atoms with Crippen molar-refractivity contribution >= 4 is 52.4 Å². The van der Waals surface area contributed by atoms with E-state index < -0.39 is 17.6 Å². The van der Waals surface area contributed by atoms with E-state index in [9.17, 15) is 23.2 Å². The van der Waals surface area contributed by atoms with Crippen LogP contribution < -0.4 is 10.2 Å². The zero-order valence-electron chi connectivity index (χ0n) is 17.5. The van der Waals surface area contributed by atoms with Gasteiger partial charge in [0, 0.05) is 37.6 Å². The quantitative estimate of drug-likeness (QED) is 0.506. The highest BCUT2D eigenvalue weighted by Crippen LogP contribution is 2.39. The molecule has 1 saturated heterocycles. The van der Waals surface area contributed by atoms with Gasteiger partial charge in [-0.1, -0.05) is 29.3 Å². The minimum absolute atomic E-state index is 0.0233. The Morgan fingerprint density at radius 1 is 1.12 bits per heavy atom. The number of nitrogens with zero attached hydrogens (tertiary/aromatic N) is 1. The predicted molar refractivity (Wildman–Crippen MR) is 122 cm³/mol. The first kappa shape index (κ1) is 24.9. The van der Waals surface area contributed by atoms with Crippen LogP contribution in [0.1, 0.15) is 37.7 Å². The molecule has 1 aliphatic rings. The summed E-state index contributed by atoms with van der Waals surface area (Å²) in [7, 11) is 0. The third kappa shape index (κ3) is 6.65. The van der Waals surface area contributed by atoms with Crippen LogP contribution in [0.15, 0.2) is 30.3 Å². The van der Waals surface area contributed by atoms with E-state index in [1.165, 1.54) is 29.2 Å². The zero-order chi connectivity index (χ0) is 24.1. The average molecular weight is 499 g/mol. The van der Waals surface area contributed by atoms with Crippen LogP contribution in [0.3, 0.4) is 0 Å². The van der Waals surface area contributed by atoms with Gasteiger partial charge in [0.1, 0.15) is 11.6 Å². The van der Waals surface area contributed by atoms with Gasteiger partial charge in [-0.05, 0) is 48.9 Å². The molecule has 33 heavy (non-hydrogen) atoms. The van der Waals surface area contributed by atoms with Gasteiger partial charge in [0.15, 0.2) is 0 Å². The lowest BCUT2D eigenvalue weighted by molar-refractivity contribution is -0.137. The number of carboxylic acids is 1. The summed E-state index contributed by atoms with van der Waals surface area (Å²) in [5.74, 6) is -2.90. The van der Waals surface area contributed by atoms with Crippen molar-refractivity contribution in [3.63, 3.8) is 0 Å². The summed E-state index contributed by atoms with van der Waals surface area (Å²) >= 11 is 12.8. The molecule has 0 radical (unpaired) electrons. The summed E-state index contributed by atoms with van der Waals surface area (Å²) in [5, 5.41) is 11.6. The molecule has 6 nitrogen and oxygen atoms in total. The summed E-state index contributed by atoms with van der Waals surface area (Å²) in [4.78, 5) is 36.6. The highest BCUT2D eigenvalue weighted by atomic mass is 35.5. The van der Waals surface area contributed by atoms with E-state index in [1.807, 2.05) is 0 Å². The number of aliphatic carboxylic acids is 1. The summed E-state index contributed by atoms with van der Waals surface area (Å²) in [6.07, 6.45) is 1.20. The molecular weight excluding hydrogens is 477 g/mol. The summed E-state index contributed by atoms with van der Waals surface area (Å²) in [5.41, 5.74) is 0.994. The van der Waals surface area contributed by atoms with Crippen molar-refractivity contribution in [3.8, 4) is 0 Å². The standard InChI is InChI=1S/C23H22Cl2F2N2O4/c24-17-10-16(28-20(30)2-1-3-22(32)33)11-18(25)23(17)29-12-13(4-7-21(29)31)8-14-5-6-15(26)9-19(14)27/h5-6,9-11,13H,1-4,7-8,12H2,(H,28,30)(H,32,33). The van der Waals surface area contributed by atoms with Crippen molar-refractivity contribution < 1.29 is 28.3 Å². The molecule has 0 aliphatic carbocycles. The van der Waals surface area contributed by atoms with E-state index in [4.69, 9.17) is 28.3 Å². The monoisotopic (exact) mass is 498 g/mol. The summed E-state index contributed by atoms with van der Waals surface area (Å²) < 4.78 is 27.3. The lowest BCUT2D eigenvalue weighted by Crippen LogP contribution is -2.41. The topological polar surface area (TPSA) is 86.7 Å². The molecule has 176 valence electrons. The number of amides is 2. The van der Waals surface area contributed by atoms with Crippen LogP contribution in [0.4, 0.5) is 20.2 Å². The fourth-order valence-corrected chi connectivity index (χ4v) is 4.50. The Bertz CT molecular complexity index is 1060. The van der Waals surface area contributed by atoms with Crippen molar-refractivity contribution in [2.24, 2.45) is 5.92 Å². The van der Waals surface area contributed by atoms with Crippen LogP contribution in [-0.4, -0.2) is 29.4 Å². The molecule has 1 aliphatic heterocycles. The maximum atomic E-state index is 14.1. The number of carboxylic acid groups (broad SMARTS) is 1. The Morgan fingerprint density at radius 2 is 1.82 bits per heavy atom. The van der Waals surface area contributed by atoms with Gasteiger partial charge in [-0.2, -0.15) is 0 Å². The molecule has 2 amide bonds. The van der Waals surface area contributed by atoms with E-state index in [-0.39, 0.29) is 60.0 Å². The van der Waals surface area contributed by atoms with E-state index in [2.05, 4.69) is 5.32 Å². The second kappa shape index (κ2) is 10.9. The number of benzene rings is 2. The predicted octanol–water partition coefficient (Wildman–Crippen LogP) is 5.45. The molecular formula is C23H22Cl2F2N2O4. The van der Waals surface area contributed by atoms with Gasteiger partial charge >= 0.3 is 5.97 Å². The lowest BCUT2D eigenvalue weighted by Gasteiger charge is -2.34. The molecule has 1 unspecified atom stereocenters. The van der Waals surface area contributed by atoms with E-state index in [0.29, 0.717) is 29.8 Å². The molecule has 2 aromatic rings. The number of hydrogen-bond donors (Lipinski definition) is 2. The van der Waals surface area contributed by atoms with Gasteiger partial charge in [-0.15, -0.1) is 0 Å². The Labute approximate surface area is 199 Å². The molecule has 1 atom stereocenters. The molecule has 1 fully saturated rings. The van der Waals surface area contributed by atoms with Crippen LogP contribution in [0.25, 0.3) is 0 Å². The van der Waals surface area contributed by atoms with Gasteiger partial charge in [-0.3, -0.25) is 14.4 Å². The van der Waals surface area contributed by atoms with Crippen LogP contribution >= 0.6 is 23.2 Å². The normalized spacial score (nSPS) is 16.1. The van der Waals surface area contributed by atoms with Gasteiger partial charge < -0.3 is 15.3 Å². The van der Waals surface area contributed by atoms with E-state index >= 15 is 0 Å². The maximum absolute atomic E-state index is 14.1. The molecule has 0 bridgehead atoms. The van der Waals surface area contributed by atoms with Gasteiger partial charge in [0.25, 0.3) is 0 Å². The highest BCUT2D eigenvalue weighted by Gasteiger charge is 2.30. The molecule has 0 saturated carbocycles. The maximum Gasteiger partial charge on any atom is 0.303 e. The molecule has 0 spiro atoms. The average Bonchev–Trinajstić information content (AvgIpc) is 2.71. The molecule has 3 rings (SSSR count). The zero-order valence-corrected chi connectivity index (χ0v) is 19.1. The number of carbonyl (C=O) groups is 3. The van der Waals surface area contributed by atoms with E-state index in [1.54, 1.807) is 0 Å². The number of nitrogens with one attached hydrogen (secondary N) is 1. The Morgan fingerprint density at radius 3 is 2.45 bits per heavy atom.